The van der Waals surface area contributed by atoms with Crippen LogP contribution in [0.5, 0.6) is 0 Å². The molecule has 0 aliphatic carbocycles. The van der Waals surface area contributed by atoms with Gasteiger partial charge in [-0.15, -0.1) is 0 Å². The number of carbonyl (C=O) groups excluding carboxylic acids is 1. The number of guanidine groups is 1. The Kier molecular flexibility index (Phi) is 7.55. The molecule has 34 heavy (non-hydrogen) atoms. The average Bonchev–Trinajstić information content (AvgIpc) is 3.24. The van der Waals surface area contributed by atoms with Crippen LogP contribution in [0.3, 0.4) is 0 Å². The van der Waals surface area contributed by atoms with Crippen LogP contribution < -0.4 is 5.73 Å². The number of aliphatic imine (C=N–C) groups is 1. The van der Waals surface area contributed by atoms with Crippen LogP contribution in [-0.4, -0.2) is 96.1 Å². The fourth-order valence-electron chi connectivity index (χ4n) is 3.50. The van der Waals surface area contributed by atoms with Crippen molar-refractivity contribution in [1.82, 2.24) is 19.4 Å². The lowest BCUT2D eigenvalue weighted by Gasteiger charge is -2.28. The van der Waals surface area contributed by atoms with Crippen LogP contribution in [0.1, 0.15) is 24.6 Å². The van der Waals surface area contributed by atoms with Crippen LogP contribution in [0.2, 0.25) is 0 Å². The number of ether oxygens (including phenoxy) is 1. The lowest BCUT2D eigenvalue weighted by atomic mass is 9.94. The number of nitrogens with two attached hydrogens (primary N) is 1. The minimum absolute atomic E-state index is 0.0377. The minimum Gasteiger partial charge on any atom is -0.388 e. The maximum atomic E-state index is 12.3. The van der Waals surface area contributed by atoms with E-state index in [1.54, 1.807) is 0 Å². The van der Waals surface area contributed by atoms with E-state index >= 15 is 0 Å². The molecule has 1 saturated heterocycles. The first-order valence-electron chi connectivity index (χ1n) is 9.71. The molecule has 0 spiro atoms. The molecule has 192 valence electrons. The minimum atomic E-state index is -5.35. The second-order valence-corrected chi connectivity index (χ2v) is 10.7. The molecule has 19 heteroatoms. The first-order valence-corrected chi connectivity index (χ1v) is 12.7. The largest absolute Gasteiger partial charge is 0.481 e. The number of phosphoric ester groups is 1. The Balaban J connectivity index is 1.88. The molecule has 17 nitrogen and oxygen atoms in total. The number of aliphatic hydroxyl groups excluding tert-OH is 2. The second kappa shape index (κ2) is 9.62. The summed E-state index contributed by atoms with van der Waals surface area (Å²) in [6.45, 7) is -0.764. The van der Waals surface area contributed by atoms with Crippen LogP contribution in [0, 0.1) is 5.92 Å². The number of hydrogen-bond donors (Lipinski definition) is 6. The van der Waals surface area contributed by atoms with E-state index in [2.05, 4.69) is 18.8 Å². The Bertz CT molecular complexity index is 1060. The normalized spacial score (nSPS) is 28.9. The summed E-state index contributed by atoms with van der Waals surface area (Å²) < 4.78 is 38.2. The van der Waals surface area contributed by atoms with Gasteiger partial charge in [0.25, 0.3) is 0 Å². The van der Waals surface area contributed by atoms with E-state index in [-0.39, 0.29) is 23.9 Å². The van der Waals surface area contributed by atoms with Crippen molar-refractivity contribution in [3.05, 3.63) is 12.0 Å². The third-order valence-electron chi connectivity index (χ3n) is 5.31. The Labute approximate surface area is 193 Å². The van der Waals surface area contributed by atoms with E-state index in [1.165, 1.54) is 41.8 Å². The van der Waals surface area contributed by atoms with Crippen molar-refractivity contribution in [3.8, 4) is 0 Å². The highest BCUT2D eigenvalue weighted by molar-refractivity contribution is 7.60. The smallest absolute Gasteiger partial charge is 0.388 e. The molecule has 3 rings (SSSR count). The van der Waals surface area contributed by atoms with E-state index in [9.17, 15) is 29.0 Å². The number of amides is 1. The zero-order valence-electron chi connectivity index (χ0n) is 18.3. The summed E-state index contributed by atoms with van der Waals surface area (Å²) >= 11 is 0. The molecule has 1 fully saturated rings. The van der Waals surface area contributed by atoms with E-state index in [1.807, 2.05) is 0 Å². The van der Waals surface area contributed by atoms with Crippen LogP contribution in [-0.2, 0) is 27.5 Å². The topological polar surface area (TPSA) is 243 Å². The number of carbonyl (C=O) groups is 1. The van der Waals surface area contributed by atoms with Gasteiger partial charge in [-0.05, 0) is 0 Å². The van der Waals surface area contributed by atoms with Crippen molar-refractivity contribution in [3.63, 3.8) is 0 Å². The molecular formula is C15H26N6O11P2. The molecule has 0 bridgehead atoms. The Morgan fingerprint density at radius 3 is 2.53 bits per heavy atom. The third kappa shape index (κ3) is 5.66. The first-order chi connectivity index (χ1) is 15.6. The molecule has 0 aromatic carbocycles. The van der Waals surface area contributed by atoms with Crippen molar-refractivity contribution >= 4 is 33.3 Å². The highest BCUT2D eigenvalue weighted by Crippen LogP contribution is 2.58. The number of rotatable bonds is 8. The molecule has 1 amide bonds. The fraction of sp³-hybridized carbons (Fsp3) is 0.667. The van der Waals surface area contributed by atoms with Gasteiger partial charge in [-0.3, -0.25) is 13.9 Å². The van der Waals surface area contributed by atoms with Gasteiger partial charge in [0.15, 0.2) is 24.2 Å². The Hall–Kier alpha value is -1.91. The lowest BCUT2D eigenvalue weighted by Crippen LogP contribution is -2.39. The van der Waals surface area contributed by atoms with Crippen molar-refractivity contribution in [1.29, 1.82) is 0 Å². The third-order valence-corrected chi connectivity index (χ3v) is 7.46. The average molecular weight is 528 g/mol. The van der Waals surface area contributed by atoms with Gasteiger partial charge in [0.2, 0.25) is 5.91 Å². The van der Waals surface area contributed by atoms with Crippen molar-refractivity contribution in [2.75, 3.05) is 27.7 Å². The van der Waals surface area contributed by atoms with E-state index in [0.717, 1.165) is 0 Å². The van der Waals surface area contributed by atoms with Gasteiger partial charge in [-0.1, -0.05) is 0 Å². The summed E-state index contributed by atoms with van der Waals surface area (Å²) in [5.74, 6) is -1.33. The van der Waals surface area contributed by atoms with Gasteiger partial charge in [0, 0.05) is 33.5 Å². The SMILES string of the molecule is CN(C)C(=O)C[C@H]1[C@@H](O)[C@H](n2cnc3c2N=C(N)N(C)C3O)O[C@@H]1COP(=O)(O)OP(=O)(O)O. The number of nitrogens with zero attached hydrogens (tertiary/aromatic N) is 5. The molecule has 0 radical (unpaired) electrons. The highest BCUT2D eigenvalue weighted by atomic mass is 31.3. The second-order valence-electron chi connectivity index (χ2n) is 7.86. The summed E-state index contributed by atoms with van der Waals surface area (Å²) in [6.07, 6.45) is -4.05. The summed E-state index contributed by atoms with van der Waals surface area (Å²) in [4.78, 5) is 50.2. The Morgan fingerprint density at radius 2 is 1.94 bits per heavy atom. The Morgan fingerprint density at radius 1 is 1.29 bits per heavy atom. The summed E-state index contributed by atoms with van der Waals surface area (Å²) in [6, 6.07) is 0. The predicted octanol–water partition coefficient (Wildman–Crippen LogP) is -1.66. The lowest BCUT2D eigenvalue weighted by molar-refractivity contribution is -0.130. The standard InChI is InChI=1S/C15H26N6O11P2/c1-19(2)9(22)4-7-8(5-30-34(28,29)32-33(25,26)27)31-14(11(7)23)21-6-17-10-12(21)18-15(16)20(3)13(10)24/h6-8,11,13-14,23-24H,4-5H2,1-3H3,(H2,16,18)(H,28,29)(H2,25,26,27)/t7-,8-,11-,13?,14-/m1/s1. The maximum absolute atomic E-state index is 12.3. The van der Waals surface area contributed by atoms with Crippen molar-refractivity contribution in [2.24, 2.45) is 16.6 Å². The molecule has 3 heterocycles. The zero-order valence-corrected chi connectivity index (χ0v) is 20.1. The molecule has 1 aromatic rings. The van der Waals surface area contributed by atoms with E-state index < -0.39 is 58.7 Å². The molecule has 0 saturated carbocycles. The zero-order chi connectivity index (χ0) is 25.6. The number of aromatic nitrogens is 2. The van der Waals surface area contributed by atoms with Crippen LogP contribution in [0.4, 0.5) is 5.82 Å². The van der Waals surface area contributed by atoms with Gasteiger partial charge in [0.1, 0.15) is 11.8 Å². The maximum Gasteiger partial charge on any atom is 0.481 e. The monoisotopic (exact) mass is 528 g/mol. The van der Waals surface area contributed by atoms with Gasteiger partial charge in [-0.25, -0.2) is 14.1 Å². The first kappa shape index (κ1) is 26.7. The van der Waals surface area contributed by atoms with Crippen LogP contribution in [0.15, 0.2) is 11.3 Å². The molecular weight excluding hydrogens is 502 g/mol. The van der Waals surface area contributed by atoms with Gasteiger partial charge >= 0.3 is 15.6 Å². The number of imidazole rings is 1. The molecule has 7 N–H and O–H groups in total. The van der Waals surface area contributed by atoms with Crippen molar-refractivity contribution in [2.45, 2.75) is 31.1 Å². The van der Waals surface area contributed by atoms with Gasteiger partial charge in [-0.2, -0.15) is 9.30 Å². The van der Waals surface area contributed by atoms with Crippen LogP contribution >= 0.6 is 15.6 Å². The number of hydrogen-bond acceptors (Lipinski definition) is 12. The van der Waals surface area contributed by atoms with Gasteiger partial charge < -0.3 is 45.2 Å². The molecule has 6 atom stereocenters. The van der Waals surface area contributed by atoms with Crippen LogP contribution in [0.25, 0.3) is 0 Å². The molecule has 2 unspecified atom stereocenters. The number of aliphatic hydroxyl groups is 2. The number of fused-ring (bicyclic) bond motifs is 1. The molecule has 2 aliphatic rings. The molecule has 1 aromatic heterocycles. The predicted molar refractivity (Wildman–Crippen MR) is 112 cm³/mol. The van der Waals surface area contributed by atoms with Gasteiger partial charge in [0.05, 0.1) is 19.0 Å². The van der Waals surface area contributed by atoms with Crippen molar-refractivity contribution < 1.29 is 52.4 Å². The fourth-order valence-corrected chi connectivity index (χ4v) is 5.09. The summed E-state index contributed by atoms with van der Waals surface area (Å²) in [5, 5.41) is 21.3. The highest BCUT2D eigenvalue weighted by Gasteiger charge is 2.48. The van der Waals surface area contributed by atoms with E-state index in [0.29, 0.717) is 0 Å². The summed E-state index contributed by atoms with van der Waals surface area (Å²) in [7, 11) is -6.08. The van der Waals surface area contributed by atoms with E-state index in [4.69, 9.17) is 20.3 Å². The molecule has 2 aliphatic heterocycles. The number of phosphoric acid groups is 2. The quantitative estimate of drug-likeness (QED) is 0.207. The summed E-state index contributed by atoms with van der Waals surface area (Å²) in [5.41, 5.74) is 5.94.